The van der Waals surface area contributed by atoms with Crippen LogP contribution in [0, 0.1) is 11.8 Å². The topological polar surface area (TPSA) is 155 Å². The van der Waals surface area contributed by atoms with Crippen molar-refractivity contribution in [2.24, 2.45) is 16.9 Å². The molecule has 0 saturated heterocycles. The monoisotopic (exact) mass is 692 g/mol. The first kappa shape index (κ1) is 38.3. The Kier molecular flexibility index (Phi) is 13.4. The highest BCUT2D eigenvalue weighted by Gasteiger charge is 2.44. The van der Waals surface area contributed by atoms with E-state index in [1.165, 1.54) is 11.9 Å². The third kappa shape index (κ3) is 8.62. The summed E-state index contributed by atoms with van der Waals surface area (Å²) in [7, 11) is 0. The van der Waals surface area contributed by atoms with Gasteiger partial charge in [0.1, 0.15) is 19.0 Å². The highest BCUT2D eigenvalue weighted by atomic mass is 16.5. The van der Waals surface area contributed by atoms with Gasteiger partial charge in [-0.15, -0.1) is 0 Å². The molecule has 1 fully saturated rings. The molecule has 1 aromatic rings. The van der Waals surface area contributed by atoms with Gasteiger partial charge in [-0.05, 0) is 64.2 Å². The van der Waals surface area contributed by atoms with Crippen molar-refractivity contribution in [2.45, 2.75) is 105 Å². The minimum absolute atomic E-state index is 0.000775. The first-order valence-corrected chi connectivity index (χ1v) is 18.1. The average molecular weight is 693 g/mol. The van der Waals surface area contributed by atoms with Crippen molar-refractivity contribution in [3.05, 3.63) is 40.7 Å². The number of nitrogens with zero attached hydrogens (tertiary/aromatic N) is 3. The molecule has 2 aliphatic carbocycles. The van der Waals surface area contributed by atoms with Crippen LogP contribution in [0.15, 0.2) is 40.2 Å². The van der Waals surface area contributed by atoms with Crippen LogP contribution in [0.1, 0.15) is 105 Å². The number of aliphatic hydroxyl groups excluding tert-OH is 1. The Morgan fingerprint density at radius 3 is 2.28 bits per heavy atom. The number of hydrogen-bond donors (Lipinski definition) is 2. The van der Waals surface area contributed by atoms with E-state index >= 15 is 0 Å². The molecule has 12 nitrogen and oxygen atoms in total. The van der Waals surface area contributed by atoms with E-state index in [4.69, 9.17) is 9.47 Å². The van der Waals surface area contributed by atoms with Crippen LogP contribution in [-0.4, -0.2) is 77.7 Å². The van der Waals surface area contributed by atoms with Crippen molar-refractivity contribution in [1.29, 1.82) is 0 Å². The maximum Gasteiger partial charge on any atom is 0.308 e. The fourth-order valence-corrected chi connectivity index (χ4v) is 6.66. The minimum Gasteiger partial charge on any atom is -0.506 e. The number of benzene rings is 1. The zero-order valence-corrected chi connectivity index (χ0v) is 30.3. The van der Waals surface area contributed by atoms with E-state index in [1.54, 1.807) is 18.2 Å². The van der Waals surface area contributed by atoms with E-state index in [0.717, 1.165) is 38.5 Å². The van der Waals surface area contributed by atoms with Crippen LogP contribution in [-0.2, 0) is 33.4 Å². The number of aliphatic hydroxyl groups is 1. The number of anilines is 2. The van der Waals surface area contributed by atoms with E-state index < -0.39 is 17.7 Å². The molecule has 0 radical (unpaired) electrons. The van der Waals surface area contributed by atoms with Crippen LogP contribution in [0.5, 0.6) is 0 Å². The number of rotatable bonds is 17. The molecule has 1 unspecified atom stereocenters. The predicted octanol–water partition coefficient (Wildman–Crippen LogP) is 6.11. The van der Waals surface area contributed by atoms with Gasteiger partial charge in [-0.1, -0.05) is 46.5 Å². The van der Waals surface area contributed by atoms with Gasteiger partial charge in [-0.3, -0.25) is 24.0 Å². The molecule has 50 heavy (non-hydrogen) atoms. The molecule has 0 aromatic heterocycles. The molecule has 1 aliphatic heterocycles. The lowest BCUT2D eigenvalue weighted by Gasteiger charge is -2.28. The Morgan fingerprint density at radius 1 is 1.02 bits per heavy atom. The molecule has 1 aromatic carbocycles. The van der Waals surface area contributed by atoms with Crippen LogP contribution in [0.25, 0.3) is 5.57 Å². The first-order valence-electron chi connectivity index (χ1n) is 18.1. The summed E-state index contributed by atoms with van der Waals surface area (Å²) in [5, 5.41) is 20.1. The lowest BCUT2D eigenvalue weighted by Crippen LogP contribution is -2.33. The zero-order chi connectivity index (χ0) is 36.5. The van der Waals surface area contributed by atoms with E-state index in [9.17, 15) is 29.1 Å². The average Bonchev–Trinajstić information content (AvgIpc) is 3.74. The van der Waals surface area contributed by atoms with E-state index in [1.807, 2.05) is 32.6 Å². The van der Waals surface area contributed by atoms with Gasteiger partial charge in [0, 0.05) is 24.1 Å². The van der Waals surface area contributed by atoms with Gasteiger partial charge in [0.25, 0.3) is 5.91 Å². The summed E-state index contributed by atoms with van der Waals surface area (Å²) in [6, 6.07) is 4.87. The molecule has 1 heterocycles. The number of Topliss-reactive ketones (excluding diaryl/α,β-unsaturated/α-hetero) is 1. The van der Waals surface area contributed by atoms with E-state index in [0.29, 0.717) is 41.9 Å². The van der Waals surface area contributed by atoms with Gasteiger partial charge >= 0.3 is 11.9 Å². The third-order valence-corrected chi connectivity index (χ3v) is 9.57. The van der Waals surface area contributed by atoms with E-state index in [2.05, 4.69) is 17.3 Å². The number of ether oxygens (including phenoxy) is 2. The summed E-state index contributed by atoms with van der Waals surface area (Å²) < 4.78 is 10.8. The largest absolute Gasteiger partial charge is 0.506 e. The maximum atomic E-state index is 13.8. The summed E-state index contributed by atoms with van der Waals surface area (Å²) in [5.41, 5.74) is 1.71. The number of amides is 2. The minimum atomic E-state index is -0.510. The number of esters is 2. The van der Waals surface area contributed by atoms with Gasteiger partial charge in [0.2, 0.25) is 11.7 Å². The molecule has 3 aliphatic rings. The Labute approximate surface area is 294 Å². The third-order valence-electron chi connectivity index (χ3n) is 9.57. The summed E-state index contributed by atoms with van der Waals surface area (Å²) in [4.78, 5) is 66.8. The Morgan fingerprint density at radius 2 is 1.70 bits per heavy atom. The molecule has 4 rings (SSSR count). The quantitative estimate of drug-likeness (QED) is 0.145. The van der Waals surface area contributed by atoms with Crippen molar-refractivity contribution < 1.29 is 38.6 Å². The molecular formula is C38H52N4O8. The van der Waals surface area contributed by atoms with Gasteiger partial charge in [0.15, 0.2) is 0 Å². The molecule has 2 amide bonds. The molecule has 0 spiro atoms. The number of ketones is 1. The number of hydrazone groups is 1. The fourth-order valence-electron chi connectivity index (χ4n) is 6.66. The molecule has 12 heteroatoms. The number of allylic oxidation sites excluding steroid dienone is 2. The van der Waals surface area contributed by atoms with Gasteiger partial charge < -0.3 is 24.8 Å². The van der Waals surface area contributed by atoms with Gasteiger partial charge in [-0.2, -0.15) is 5.10 Å². The second-order valence-corrected chi connectivity index (χ2v) is 13.4. The lowest BCUT2D eigenvalue weighted by atomic mass is 9.79. The predicted molar refractivity (Wildman–Crippen MR) is 191 cm³/mol. The summed E-state index contributed by atoms with van der Waals surface area (Å²) >= 11 is 0. The van der Waals surface area contributed by atoms with Crippen LogP contribution in [0.3, 0.4) is 0 Å². The summed E-state index contributed by atoms with van der Waals surface area (Å²) in [5.74, 6) is -2.47. The number of carbonyl (C=O) groups is 5. The summed E-state index contributed by atoms with van der Waals surface area (Å²) in [6.07, 6.45) is 7.22. The summed E-state index contributed by atoms with van der Waals surface area (Å²) in [6.45, 7) is 11.6. The highest BCUT2D eigenvalue weighted by molar-refractivity contribution is 6.44. The van der Waals surface area contributed by atoms with Crippen LogP contribution < -0.4 is 10.2 Å². The van der Waals surface area contributed by atoms with Crippen molar-refractivity contribution in [3.63, 3.8) is 0 Å². The van der Waals surface area contributed by atoms with Crippen molar-refractivity contribution in [2.75, 3.05) is 36.5 Å². The van der Waals surface area contributed by atoms with Crippen LogP contribution in [0.2, 0.25) is 0 Å². The zero-order valence-electron chi connectivity index (χ0n) is 30.3. The second-order valence-electron chi connectivity index (χ2n) is 13.4. The number of hydrogen-bond acceptors (Lipinski definition) is 10. The first-order chi connectivity index (χ1) is 23.9. The van der Waals surface area contributed by atoms with Gasteiger partial charge in [-0.25, -0.2) is 5.01 Å². The van der Waals surface area contributed by atoms with Crippen LogP contribution >= 0.6 is 0 Å². The normalized spacial score (nSPS) is 18.4. The number of nitrogens with one attached hydrogen (secondary N) is 1. The lowest BCUT2D eigenvalue weighted by molar-refractivity contribution is -0.148. The highest BCUT2D eigenvalue weighted by Crippen LogP contribution is 2.43. The molecule has 1 saturated carbocycles. The van der Waals surface area contributed by atoms with Gasteiger partial charge in [0.05, 0.1) is 53.2 Å². The fraction of sp³-hybridized carbons (Fsp3) is 0.579. The Hall–Kier alpha value is -4.48. The second kappa shape index (κ2) is 17.4. The SMILES string of the molecule is CCCCC(CC)C(=O)Nc1cc(N(CCOC(C)=O)CCOC(=O)C2CCCC2)ccc1C1=C(O)/C(=C2\C(=O)N(C(C)C)N=C2CC)C1=O. The molecule has 0 bridgehead atoms. The van der Waals surface area contributed by atoms with E-state index in [-0.39, 0.29) is 78.5 Å². The molecule has 1 atom stereocenters. The standard InChI is InChI=1S/C38H52N4O8/c1-7-10-13-25(8-2)36(46)39-30-22-27(41(18-20-49-24(6)43)19-21-50-38(48)26-14-11-12-15-26)16-17-28(30)31-34(44)33(35(31)45)32-29(9-3)40-42(23(4)5)37(32)47/h16-17,22-23,25-26,44H,7-15,18-21H2,1-6H3,(H,39,46)/b33-32+. The Balaban J connectivity index is 1.72. The molecule has 2 N–H and O–H groups in total. The number of unbranched alkanes of at least 4 members (excludes halogenated alkanes) is 1. The van der Waals surface area contributed by atoms with Crippen LogP contribution in [0.4, 0.5) is 11.4 Å². The van der Waals surface area contributed by atoms with Crippen molar-refractivity contribution in [3.8, 4) is 0 Å². The number of carbonyl (C=O) groups excluding carboxylic acids is 5. The van der Waals surface area contributed by atoms with Crippen molar-refractivity contribution in [1.82, 2.24) is 5.01 Å². The molecular weight excluding hydrogens is 640 g/mol. The Bertz CT molecular complexity index is 1570. The maximum absolute atomic E-state index is 13.8. The van der Waals surface area contributed by atoms with Crippen molar-refractivity contribution >= 4 is 52.2 Å². The smallest absolute Gasteiger partial charge is 0.308 e. The molecule has 272 valence electrons.